The Kier molecular flexibility index (Phi) is 3.84. The molecule has 22 heavy (non-hydrogen) atoms. The van der Waals surface area contributed by atoms with Crippen molar-refractivity contribution in [1.82, 2.24) is 4.90 Å². The van der Waals surface area contributed by atoms with Crippen molar-refractivity contribution in [3.63, 3.8) is 0 Å². The molecule has 1 amide bonds. The monoisotopic (exact) mass is 323 g/mol. The second-order valence-electron chi connectivity index (χ2n) is 5.10. The van der Waals surface area contributed by atoms with Crippen LogP contribution >= 0.6 is 11.3 Å². The fourth-order valence-electron chi connectivity index (χ4n) is 2.64. The second-order valence-corrected chi connectivity index (χ2v) is 6.15. The van der Waals surface area contributed by atoms with Gasteiger partial charge in [0.1, 0.15) is 5.82 Å². The highest BCUT2D eigenvalue weighted by atomic mass is 32.1. The van der Waals surface area contributed by atoms with E-state index in [1.165, 1.54) is 22.3 Å². The molecule has 0 bridgehead atoms. The largest absolute Gasteiger partial charge is 0.480 e. The van der Waals surface area contributed by atoms with Crippen LogP contribution < -0.4 is 0 Å². The predicted octanol–water partition coefficient (Wildman–Crippen LogP) is 2.27. The molecule has 1 aliphatic heterocycles. The smallest absolute Gasteiger partial charge is 0.328 e. The number of nitrogens with zero attached hydrogens (tertiary/aromatic N) is 1. The van der Waals surface area contributed by atoms with Gasteiger partial charge >= 0.3 is 5.97 Å². The molecule has 1 saturated heterocycles. The van der Waals surface area contributed by atoms with E-state index < -0.39 is 12.0 Å². The van der Waals surface area contributed by atoms with Crippen molar-refractivity contribution in [3.05, 3.63) is 34.5 Å². The lowest BCUT2D eigenvalue weighted by atomic mass is 10.1. The quantitative estimate of drug-likeness (QED) is 0.921. The number of benzene rings is 1. The van der Waals surface area contributed by atoms with Gasteiger partial charge in [-0.1, -0.05) is 6.07 Å². The number of halogens is 1. The van der Waals surface area contributed by atoms with Gasteiger partial charge in [-0.15, -0.1) is 11.3 Å². The summed E-state index contributed by atoms with van der Waals surface area (Å²) in [5, 5.41) is 9.65. The van der Waals surface area contributed by atoms with Crippen LogP contribution in [0.5, 0.6) is 0 Å². The fraction of sp³-hybridized carbons (Fsp3) is 0.333. The summed E-state index contributed by atoms with van der Waals surface area (Å²) in [4.78, 5) is 25.7. The second kappa shape index (κ2) is 5.66. The van der Waals surface area contributed by atoms with E-state index in [0.717, 1.165) is 0 Å². The number of rotatable bonds is 2. The molecule has 1 N–H and O–H groups in total. The molecule has 0 saturated carbocycles. The molecule has 0 spiro atoms. The molecular formula is C15H14FNO4S. The van der Waals surface area contributed by atoms with Gasteiger partial charge in [0, 0.05) is 16.6 Å². The van der Waals surface area contributed by atoms with Crippen LogP contribution in [0.25, 0.3) is 10.1 Å². The molecule has 0 aliphatic carbocycles. The first kappa shape index (κ1) is 14.9. The Hall–Kier alpha value is -1.99. The molecule has 1 aromatic carbocycles. The van der Waals surface area contributed by atoms with Crippen molar-refractivity contribution in [3.8, 4) is 0 Å². The molecule has 1 atom stereocenters. The first-order chi connectivity index (χ1) is 10.5. The molecular weight excluding hydrogens is 309 g/mol. The number of thiophene rings is 1. The number of carboxylic acids is 1. The SMILES string of the molecule is Cc1c(C(=O)N2CCOCC2C(=O)O)sc2cccc(F)c12. The van der Waals surface area contributed by atoms with Crippen molar-refractivity contribution in [2.75, 3.05) is 19.8 Å². The topological polar surface area (TPSA) is 66.8 Å². The maximum Gasteiger partial charge on any atom is 0.328 e. The van der Waals surface area contributed by atoms with Crippen molar-refractivity contribution >= 4 is 33.3 Å². The molecule has 2 aromatic rings. The van der Waals surface area contributed by atoms with Crippen LogP contribution in [0.3, 0.4) is 0 Å². The van der Waals surface area contributed by atoms with Gasteiger partial charge in [-0.2, -0.15) is 0 Å². The Morgan fingerprint density at radius 2 is 2.23 bits per heavy atom. The number of aryl methyl sites for hydroxylation is 1. The van der Waals surface area contributed by atoms with Crippen molar-refractivity contribution in [1.29, 1.82) is 0 Å². The lowest BCUT2D eigenvalue weighted by Crippen LogP contribution is -2.52. The molecule has 5 nitrogen and oxygen atoms in total. The molecule has 1 aromatic heterocycles. The zero-order chi connectivity index (χ0) is 15.9. The number of hydrogen-bond acceptors (Lipinski definition) is 4. The van der Waals surface area contributed by atoms with Gasteiger partial charge in [0.05, 0.1) is 18.1 Å². The van der Waals surface area contributed by atoms with Gasteiger partial charge in [0.25, 0.3) is 5.91 Å². The average molecular weight is 323 g/mol. The van der Waals surface area contributed by atoms with Crippen LogP contribution in [0.2, 0.25) is 0 Å². The highest BCUT2D eigenvalue weighted by molar-refractivity contribution is 7.21. The number of carbonyl (C=O) groups excluding carboxylic acids is 1. The average Bonchev–Trinajstić information content (AvgIpc) is 2.85. The normalized spacial score (nSPS) is 18.6. The molecule has 116 valence electrons. The Balaban J connectivity index is 2.03. The molecule has 7 heteroatoms. The van der Waals surface area contributed by atoms with Gasteiger partial charge < -0.3 is 14.7 Å². The zero-order valence-corrected chi connectivity index (χ0v) is 12.7. The maximum absolute atomic E-state index is 13.9. The van der Waals surface area contributed by atoms with Gasteiger partial charge in [0.15, 0.2) is 6.04 Å². The number of hydrogen-bond donors (Lipinski definition) is 1. The third-order valence-corrected chi connectivity index (χ3v) is 5.02. The van der Waals surface area contributed by atoms with Gasteiger partial charge in [-0.25, -0.2) is 9.18 Å². The molecule has 1 fully saturated rings. The highest BCUT2D eigenvalue weighted by Crippen LogP contribution is 2.33. The summed E-state index contributed by atoms with van der Waals surface area (Å²) in [6.45, 7) is 2.17. The third-order valence-electron chi connectivity index (χ3n) is 3.77. The van der Waals surface area contributed by atoms with E-state index in [1.54, 1.807) is 19.1 Å². The summed E-state index contributed by atoms with van der Waals surface area (Å²) in [7, 11) is 0. The van der Waals surface area contributed by atoms with E-state index in [2.05, 4.69) is 0 Å². The van der Waals surface area contributed by atoms with Crippen molar-refractivity contribution in [2.24, 2.45) is 0 Å². The lowest BCUT2D eigenvalue weighted by molar-refractivity contribution is -0.147. The van der Waals surface area contributed by atoms with E-state index in [0.29, 0.717) is 27.1 Å². The molecule has 1 aliphatic rings. The standard InChI is InChI=1S/C15H14FNO4S/c1-8-12-9(16)3-2-4-11(12)22-13(8)14(18)17-5-6-21-7-10(17)15(19)20/h2-4,10H,5-7H2,1H3,(H,19,20). The van der Waals surface area contributed by atoms with E-state index in [1.807, 2.05) is 0 Å². The minimum atomic E-state index is -1.10. The maximum atomic E-state index is 13.9. The first-order valence-corrected chi connectivity index (χ1v) is 7.61. The van der Waals surface area contributed by atoms with E-state index >= 15 is 0 Å². The van der Waals surface area contributed by atoms with Crippen LogP contribution in [-0.4, -0.2) is 47.7 Å². The highest BCUT2D eigenvalue weighted by Gasteiger charge is 2.34. The summed E-state index contributed by atoms with van der Waals surface area (Å²) in [5.74, 6) is -1.85. The van der Waals surface area contributed by atoms with Crippen LogP contribution in [0.1, 0.15) is 15.2 Å². The van der Waals surface area contributed by atoms with E-state index in [4.69, 9.17) is 4.74 Å². The zero-order valence-electron chi connectivity index (χ0n) is 11.8. The molecule has 0 radical (unpaired) electrons. The summed E-state index contributed by atoms with van der Waals surface area (Å²) in [6.07, 6.45) is 0. The Labute approximate surface area is 129 Å². The Bertz CT molecular complexity index is 757. The van der Waals surface area contributed by atoms with Gasteiger partial charge in [0.2, 0.25) is 0 Å². The molecule has 1 unspecified atom stereocenters. The summed E-state index contributed by atoms with van der Waals surface area (Å²) in [6, 6.07) is 3.69. The number of carboxylic acid groups (broad SMARTS) is 1. The van der Waals surface area contributed by atoms with E-state index in [-0.39, 0.29) is 24.9 Å². The van der Waals surface area contributed by atoms with Gasteiger partial charge in [-0.3, -0.25) is 4.79 Å². The molecule has 2 heterocycles. The minimum Gasteiger partial charge on any atom is -0.480 e. The van der Waals surface area contributed by atoms with E-state index in [9.17, 15) is 19.1 Å². The Morgan fingerprint density at radius 3 is 2.91 bits per heavy atom. The number of aliphatic carboxylic acids is 1. The number of morpholine rings is 1. The predicted molar refractivity (Wildman–Crippen MR) is 79.8 cm³/mol. The third kappa shape index (κ3) is 2.36. The van der Waals surface area contributed by atoms with Crippen molar-refractivity contribution < 1.29 is 23.8 Å². The lowest BCUT2D eigenvalue weighted by Gasteiger charge is -2.32. The summed E-state index contributed by atoms with van der Waals surface area (Å²) >= 11 is 1.19. The number of amides is 1. The van der Waals surface area contributed by atoms with Crippen LogP contribution in [0.15, 0.2) is 18.2 Å². The van der Waals surface area contributed by atoms with Crippen LogP contribution in [0.4, 0.5) is 4.39 Å². The number of ether oxygens (including phenoxy) is 1. The first-order valence-electron chi connectivity index (χ1n) is 6.80. The fourth-order valence-corrected chi connectivity index (χ4v) is 3.82. The Morgan fingerprint density at radius 1 is 1.45 bits per heavy atom. The number of fused-ring (bicyclic) bond motifs is 1. The van der Waals surface area contributed by atoms with Crippen LogP contribution in [0, 0.1) is 12.7 Å². The molecule has 3 rings (SSSR count). The summed E-state index contributed by atoms with van der Waals surface area (Å²) in [5.41, 5.74) is 0.554. The van der Waals surface area contributed by atoms with Crippen molar-refractivity contribution in [2.45, 2.75) is 13.0 Å². The van der Waals surface area contributed by atoms with Crippen LogP contribution in [-0.2, 0) is 9.53 Å². The van der Waals surface area contributed by atoms with Gasteiger partial charge in [-0.05, 0) is 24.6 Å². The number of carbonyl (C=O) groups is 2. The summed E-state index contributed by atoms with van der Waals surface area (Å²) < 4.78 is 19.8. The minimum absolute atomic E-state index is 0.0284.